The van der Waals surface area contributed by atoms with Gasteiger partial charge in [0.05, 0.1) is 7.11 Å². The number of ether oxygens (including phenoxy) is 1. The minimum Gasteiger partial charge on any atom is -0.494 e. The lowest BCUT2D eigenvalue weighted by Gasteiger charge is -2.29. The second kappa shape index (κ2) is 7.24. The largest absolute Gasteiger partial charge is 0.494 e. The zero-order valence-electron chi connectivity index (χ0n) is 16.1. The molecule has 1 fully saturated rings. The van der Waals surface area contributed by atoms with Crippen molar-refractivity contribution in [3.8, 4) is 5.75 Å². The fourth-order valence-corrected chi connectivity index (χ4v) is 4.01. The number of anilines is 2. The predicted molar refractivity (Wildman–Crippen MR) is 109 cm³/mol. The topological polar surface area (TPSA) is 31.5 Å². The quantitative estimate of drug-likeness (QED) is 0.712. The number of hydrogen-bond acceptors (Lipinski definition) is 3. The summed E-state index contributed by atoms with van der Waals surface area (Å²) in [6, 6.07) is 11.4. The molecule has 5 heteroatoms. The Balaban J connectivity index is 1.66. The number of aromatic nitrogens is 1. The van der Waals surface area contributed by atoms with E-state index in [1.54, 1.807) is 6.07 Å². The van der Waals surface area contributed by atoms with Gasteiger partial charge >= 0.3 is 0 Å². The van der Waals surface area contributed by atoms with Gasteiger partial charge in [-0.3, -0.25) is 0 Å². The molecule has 2 aromatic carbocycles. The smallest absolute Gasteiger partial charge is 0.167 e. The lowest BCUT2D eigenvalue weighted by molar-refractivity contribution is 0.256. The number of aromatic amines is 1. The number of fused-ring (bicyclic) bond motifs is 1. The van der Waals surface area contributed by atoms with Crippen molar-refractivity contribution in [1.29, 1.82) is 0 Å². The molecule has 4 nitrogen and oxygen atoms in total. The van der Waals surface area contributed by atoms with Crippen LogP contribution in [-0.2, 0) is 0 Å². The number of halogens is 1. The van der Waals surface area contributed by atoms with Crippen molar-refractivity contribution >= 4 is 22.3 Å². The predicted octanol–water partition coefficient (Wildman–Crippen LogP) is 4.89. The van der Waals surface area contributed by atoms with Gasteiger partial charge in [0.1, 0.15) is 0 Å². The van der Waals surface area contributed by atoms with Crippen molar-refractivity contribution in [3.05, 3.63) is 54.0 Å². The monoisotopic (exact) mass is 367 g/mol. The Hall–Kier alpha value is -2.53. The first-order valence-electron chi connectivity index (χ1n) is 9.43. The molecule has 0 aliphatic carbocycles. The summed E-state index contributed by atoms with van der Waals surface area (Å²) in [6.45, 7) is 2.28. The number of piperidine rings is 1. The minimum atomic E-state index is -0.350. The maximum atomic E-state index is 14.1. The molecule has 0 atom stereocenters. The van der Waals surface area contributed by atoms with Crippen molar-refractivity contribution in [2.45, 2.75) is 18.8 Å². The normalized spacial score (nSPS) is 16.0. The third kappa shape index (κ3) is 3.39. The van der Waals surface area contributed by atoms with Crippen molar-refractivity contribution in [2.24, 2.45) is 0 Å². The number of hydrogen-bond donors (Lipinski definition) is 1. The highest BCUT2D eigenvalue weighted by atomic mass is 19.1. The van der Waals surface area contributed by atoms with Crippen LogP contribution in [0.2, 0.25) is 0 Å². The molecule has 27 heavy (non-hydrogen) atoms. The first-order valence-corrected chi connectivity index (χ1v) is 9.43. The van der Waals surface area contributed by atoms with Crippen LogP contribution in [0.5, 0.6) is 5.75 Å². The van der Waals surface area contributed by atoms with Crippen LogP contribution in [0, 0.1) is 5.82 Å². The highest BCUT2D eigenvalue weighted by Crippen LogP contribution is 2.36. The van der Waals surface area contributed by atoms with Gasteiger partial charge < -0.3 is 19.5 Å². The van der Waals surface area contributed by atoms with E-state index in [2.05, 4.69) is 41.3 Å². The second-order valence-corrected chi connectivity index (χ2v) is 7.43. The summed E-state index contributed by atoms with van der Waals surface area (Å²) < 4.78 is 19.1. The lowest BCUT2D eigenvalue weighted by Crippen LogP contribution is -2.29. The lowest BCUT2D eigenvalue weighted by atomic mass is 9.89. The molecule has 0 radical (unpaired) electrons. The van der Waals surface area contributed by atoms with Gasteiger partial charge in [0.2, 0.25) is 0 Å². The average Bonchev–Trinajstić information content (AvgIpc) is 3.11. The van der Waals surface area contributed by atoms with E-state index >= 15 is 0 Å². The Morgan fingerprint density at radius 3 is 2.52 bits per heavy atom. The Morgan fingerprint density at radius 2 is 1.81 bits per heavy atom. The molecule has 0 amide bonds. The van der Waals surface area contributed by atoms with Crippen LogP contribution in [-0.4, -0.2) is 44.2 Å². The summed E-state index contributed by atoms with van der Waals surface area (Å²) in [5.41, 5.74) is 4.39. The van der Waals surface area contributed by atoms with Gasteiger partial charge in [0.15, 0.2) is 11.6 Å². The summed E-state index contributed by atoms with van der Waals surface area (Å²) in [7, 11) is 5.63. The second-order valence-electron chi connectivity index (χ2n) is 7.43. The van der Waals surface area contributed by atoms with E-state index in [4.69, 9.17) is 4.74 Å². The van der Waals surface area contributed by atoms with E-state index in [0.29, 0.717) is 5.92 Å². The van der Waals surface area contributed by atoms with Crippen LogP contribution in [0.4, 0.5) is 15.8 Å². The maximum Gasteiger partial charge on any atom is 0.167 e. The molecule has 1 aromatic heterocycles. The van der Waals surface area contributed by atoms with E-state index < -0.39 is 0 Å². The number of H-pyrrole nitrogens is 1. The van der Waals surface area contributed by atoms with Gasteiger partial charge in [-0.2, -0.15) is 0 Å². The van der Waals surface area contributed by atoms with Crippen molar-refractivity contribution in [3.63, 3.8) is 0 Å². The molecule has 1 aliphatic heterocycles. The molecule has 2 heterocycles. The van der Waals surface area contributed by atoms with E-state index in [-0.39, 0.29) is 11.6 Å². The van der Waals surface area contributed by atoms with Crippen molar-refractivity contribution in [1.82, 2.24) is 9.88 Å². The van der Waals surface area contributed by atoms with Crippen LogP contribution in [0.3, 0.4) is 0 Å². The van der Waals surface area contributed by atoms with E-state index in [1.807, 2.05) is 18.0 Å². The van der Waals surface area contributed by atoms with Crippen LogP contribution in [0.1, 0.15) is 24.3 Å². The van der Waals surface area contributed by atoms with Gasteiger partial charge in [0.25, 0.3) is 0 Å². The molecule has 1 saturated heterocycles. The molecule has 4 rings (SSSR count). The molecule has 0 spiro atoms. The van der Waals surface area contributed by atoms with Crippen LogP contribution >= 0.6 is 0 Å². The third-order valence-electron chi connectivity index (χ3n) is 5.77. The highest BCUT2D eigenvalue weighted by Gasteiger charge is 2.21. The molecule has 0 unspecified atom stereocenters. The number of methoxy groups -OCH3 is 1. The van der Waals surface area contributed by atoms with Gasteiger partial charge in [-0.15, -0.1) is 0 Å². The summed E-state index contributed by atoms with van der Waals surface area (Å²) in [4.78, 5) is 7.82. The molecule has 1 N–H and O–H groups in total. The molecular formula is C22H26FN3O. The first-order chi connectivity index (χ1) is 13.1. The van der Waals surface area contributed by atoms with Crippen LogP contribution < -0.4 is 9.64 Å². The van der Waals surface area contributed by atoms with Crippen molar-refractivity contribution in [2.75, 3.05) is 39.2 Å². The average molecular weight is 367 g/mol. The highest BCUT2D eigenvalue weighted by molar-refractivity contribution is 5.88. The Kier molecular flexibility index (Phi) is 4.79. The van der Waals surface area contributed by atoms with Gasteiger partial charge in [-0.05, 0) is 74.8 Å². The van der Waals surface area contributed by atoms with Gasteiger partial charge in [-0.1, -0.05) is 0 Å². The SMILES string of the molecule is COc1ccc(N(C)c2ccc3[nH]cc(C4CCN(C)CC4)c3c2)cc1F. The summed E-state index contributed by atoms with van der Waals surface area (Å²) in [5, 5.41) is 1.27. The number of likely N-dealkylation sites (tertiary alicyclic amines) is 1. The minimum absolute atomic E-state index is 0.262. The number of benzene rings is 2. The number of rotatable bonds is 4. The molecule has 1 aliphatic rings. The molecular weight excluding hydrogens is 341 g/mol. The maximum absolute atomic E-state index is 14.1. The first kappa shape index (κ1) is 17.9. The molecule has 142 valence electrons. The van der Waals surface area contributed by atoms with E-state index in [1.165, 1.54) is 37.0 Å². The molecule has 0 saturated carbocycles. The Morgan fingerprint density at radius 1 is 1.11 bits per heavy atom. The number of nitrogens with one attached hydrogen (secondary N) is 1. The number of nitrogens with zero attached hydrogens (tertiary/aromatic N) is 2. The molecule has 3 aromatic rings. The zero-order valence-corrected chi connectivity index (χ0v) is 16.1. The fraction of sp³-hybridized carbons (Fsp3) is 0.364. The van der Waals surface area contributed by atoms with Gasteiger partial charge in [-0.25, -0.2) is 4.39 Å². The van der Waals surface area contributed by atoms with Crippen LogP contribution in [0.15, 0.2) is 42.6 Å². The van der Waals surface area contributed by atoms with Gasteiger partial charge in [0, 0.05) is 41.6 Å². The van der Waals surface area contributed by atoms with Crippen molar-refractivity contribution < 1.29 is 9.13 Å². The van der Waals surface area contributed by atoms with E-state index in [9.17, 15) is 4.39 Å². The Labute approximate surface area is 159 Å². The summed E-state index contributed by atoms with van der Waals surface area (Å²) in [6.07, 6.45) is 4.54. The fourth-order valence-electron chi connectivity index (χ4n) is 4.01. The summed E-state index contributed by atoms with van der Waals surface area (Å²) >= 11 is 0. The third-order valence-corrected chi connectivity index (χ3v) is 5.77. The molecule has 0 bridgehead atoms. The standard InChI is InChI=1S/C22H26FN3O/c1-25-10-8-15(9-11-25)19-14-24-21-6-4-16(12-18(19)21)26(2)17-5-7-22(27-3)20(23)13-17/h4-7,12-15,24H,8-11H2,1-3H3. The van der Waals surface area contributed by atoms with Crippen LogP contribution in [0.25, 0.3) is 10.9 Å². The Bertz CT molecular complexity index is 944. The summed E-state index contributed by atoms with van der Waals surface area (Å²) in [5.74, 6) is 0.503. The van der Waals surface area contributed by atoms with E-state index in [0.717, 1.165) is 30.0 Å². The zero-order chi connectivity index (χ0) is 19.0.